The summed E-state index contributed by atoms with van der Waals surface area (Å²) in [5, 5.41) is 3.80. The summed E-state index contributed by atoms with van der Waals surface area (Å²) in [5.74, 6) is 1.97. The van der Waals surface area contributed by atoms with Crippen LogP contribution in [0.5, 0.6) is 0 Å². The third-order valence-corrected chi connectivity index (χ3v) is 4.33. The first-order valence-electron chi connectivity index (χ1n) is 6.84. The van der Waals surface area contributed by atoms with Gasteiger partial charge in [0.2, 0.25) is 0 Å². The van der Waals surface area contributed by atoms with Crippen LogP contribution < -0.4 is 5.32 Å². The molecular formula is C13H22N4. The third-order valence-electron chi connectivity index (χ3n) is 4.33. The van der Waals surface area contributed by atoms with Gasteiger partial charge in [-0.15, -0.1) is 0 Å². The summed E-state index contributed by atoms with van der Waals surface area (Å²) in [4.78, 5) is 10.2. The molecule has 4 rings (SSSR count). The maximum atomic E-state index is 4.38. The summed E-state index contributed by atoms with van der Waals surface area (Å²) >= 11 is 0. The molecule has 4 nitrogen and oxygen atoms in total. The highest BCUT2D eigenvalue weighted by Crippen LogP contribution is 2.29. The van der Waals surface area contributed by atoms with Crippen LogP contribution in [0, 0.1) is 5.92 Å². The first-order valence-corrected chi connectivity index (χ1v) is 6.84. The maximum Gasteiger partial charge on any atom is 0.123 e. The predicted octanol–water partition coefficient (Wildman–Crippen LogP) is 1.54. The number of H-pyrrole nitrogens is 1. The number of imidazole rings is 1. The Hall–Kier alpha value is -0.870. The van der Waals surface area contributed by atoms with Crippen molar-refractivity contribution < 1.29 is 0 Å². The first-order chi connectivity index (χ1) is 8.36. The van der Waals surface area contributed by atoms with Crippen molar-refractivity contribution in [3.05, 3.63) is 18.2 Å². The van der Waals surface area contributed by atoms with Gasteiger partial charge in [-0.1, -0.05) is 6.92 Å². The summed E-state index contributed by atoms with van der Waals surface area (Å²) < 4.78 is 0. The van der Waals surface area contributed by atoms with Crippen LogP contribution in [0.25, 0.3) is 0 Å². The minimum Gasteiger partial charge on any atom is -0.347 e. The number of hydrogen-bond donors (Lipinski definition) is 2. The average molecular weight is 234 g/mol. The molecular weight excluding hydrogens is 212 g/mol. The zero-order valence-electron chi connectivity index (χ0n) is 10.5. The van der Waals surface area contributed by atoms with E-state index in [9.17, 15) is 0 Å². The summed E-state index contributed by atoms with van der Waals surface area (Å²) in [5.41, 5.74) is 0. The topological polar surface area (TPSA) is 44.0 Å². The summed E-state index contributed by atoms with van der Waals surface area (Å²) in [6.45, 7) is 6.06. The second-order valence-electron chi connectivity index (χ2n) is 5.35. The van der Waals surface area contributed by atoms with Gasteiger partial charge in [0.1, 0.15) is 5.82 Å². The molecule has 4 heterocycles. The zero-order chi connectivity index (χ0) is 11.7. The highest BCUT2D eigenvalue weighted by atomic mass is 15.2. The smallest absolute Gasteiger partial charge is 0.123 e. The van der Waals surface area contributed by atoms with Crippen molar-refractivity contribution in [2.45, 2.75) is 38.3 Å². The molecule has 3 aliphatic heterocycles. The SMILES string of the molecule is CCC(NC1CN2CCC1CC2)c1ncc[nH]1. The normalized spacial score (nSPS) is 33.8. The fourth-order valence-electron chi connectivity index (χ4n) is 3.27. The Kier molecular flexibility index (Phi) is 3.16. The largest absolute Gasteiger partial charge is 0.347 e. The molecule has 0 saturated carbocycles. The van der Waals surface area contributed by atoms with Gasteiger partial charge in [0.15, 0.2) is 0 Å². The minimum atomic E-state index is 0.385. The molecule has 2 N–H and O–H groups in total. The van der Waals surface area contributed by atoms with E-state index in [1.807, 2.05) is 12.4 Å². The molecule has 94 valence electrons. The molecule has 3 saturated heterocycles. The number of fused-ring (bicyclic) bond motifs is 3. The molecule has 4 heteroatoms. The molecule has 2 atom stereocenters. The molecule has 2 bridgehead atoms. The molecule has 1 aromatic heterocycles. The van der Waals surface area contributed by atoms with E-state index < -0.39 is 0 Å². The first kappa shape index (κ1) is 11.2. The van der Waals surface area contributed by atoms with Crippen molar-refractivity contribution in [2.24, 2.45) is 5.92 Å². The van der Waals surface area contributed by atoms with Gasteiger partial charge >= 0.3 is 0 Å². The average Bonchev–Trinajstić information content (AvgIpc) is 2.91. The number of nitrogens with zero attached hydrogens (tertiary/aromatic N) is 2. The van der Waals surface area contributed by atoms with Crippen LogP contribution >= 0.6 is 0 Å². The van der Waals surface area contributed by atoms with E-state index >= 15 is 0 Å². The van der Waals surface area contributed by atoms with E-state index in [0.717, 1.165) is 18.2 Å². The van der Waals surface area contributed by atoms with Gasteiger partial charge in [-0.05, 0) is 38.3 Å². The number of hydrogen-bond acceptors (Lipinski definition) is 3. The van der Waals surface area contributed by atoms with Crippen molar-refractivity contribution >= 4 is 0 Å². The lowest BCUT2D eigenvalue weighted by Crippen LogP contribution is -2.56. The van der Waals surface area contributed by atoms with Crippen LogP contribution in [0.4, 0.5) is 0 Å². The Morgan fingerprint density at radius 2 is 2.35 bits per heavy atom. The highest BCUT2D eigenvalue weighted by Gasteiger charge is 2.35. The van der Waals surface area contributed by atoms with E-state index in [1.165, 1.54) is 32.5 Å². The van der Waals surface area contributed by atoms with Crippen molar-refractivity contribution in [2.75, 3.05) is 19.6 Å². The second kappa shape index (κ2) is 4.78. The molecule has 3 fully saturated rings. The highest BCUT2D eigenvalue weighted by molar-refractivity contribution is 4.99. The summed E-state index contributed by atoms with van der Waals surface area (Å²) in [6.07, 6.45) is 7.58. The molecule has 1 aromatic rings. The third kappa shape index (κ3) is 2.24. The van der Waals surface area contributed by atoms with Crippen molar-refractivity contribution in [1.29, 1.82) is 0 Å². The van der Waals surface area contributed by atoms with Crippen LogP contribution in [0.3, 0.4) is 0 Å². The van der Waals surface area contributed by atoms with Crippen molar-refractivity contribution in [3.63, 3.8) is 0 Å². The Morgan fingerprint density at radius 1 is 1.53 bits per heavy atom. The molecule has 17 heavy (non-hydrogen) atoms. The molecule has 0 aliphatic carbocycles. The Bertz CT molecular complexity index is 340. The number of aromatic amines is 1. The summed E-state index contributed by atoms with van der Waals surface area (Å²) in [6, 6.07) is 1.04. The number of rotatable bonds is 4. The van der Waals surface area contributed by atoms with E-state index in [-0.39, 0.29) is 0 Å². The van der Waals surface area contributed by atoms with E-state index in [1.54, 1.807) is 0 Å². The van der Waals surface area contributed by atoms with Gasteiger partial charge in [-0.2, -0.15) is 0 Å². The molecule has 0 aromatic carbocycles. The standard InChI is InChI=1S/C13H22N4/c1-2-11(13-14-5-6-15-13)16-12-9-17-7-3-10(12)4-8-17/h5-6,10-12,16H,2-4,7-9H2,1H3,(H,14,15). The fourth-order valence-corrected chi connectivity index (χ4v) is 3.27. The lowest BCUT2D eigenvalue weighted by Gasteiger charge is -2.46. The predicted molar refractivity (Wildman–Crippen MR) is 67.7 cm³/mol. The van der Waals surface area contributed by atoms with Crippen LogP contribution in [-0.2, 0) is 0 Å². The lowest BCUT2D eigenvalue weighted by atomic mass is 9.83. The van der Waals surface area contributed by atoms with E-state index in [2.05, 4.69) is 27.1 Å². The Morgan fingerprint density at radius 3 is 2.88 bits per heavy atom. The van der Waals surface area contributed by atoms with E-state index in [0.29, 0.717) is 12.1 Å². The number of aromatic nitrogens is 2. The van der Waals surface area contributed by atoms with Crippen molar-refractivity contribution in [3.8, 4) is 0 Å². The molecule has 2 unspecified atom stereocenters. The van der Waals surface area contributed by atoms with E-state index in [4.69, 9.17) is 0 Å². The second-order valence-corrected chi connectivity index (χ2v) is 5.35. The fraction of sp³-hybridized carbons (Fsp3) is 0.769. The van der Waals surface area contributed by atoms with Gasteiger partial charge in [0, 0.05) is 25.0 Å². The quantitative estimate of drug-likeness (QED) is 0.830. The van der Waals surface area contributed by atoms with Gasteiger partial charge in [0.25, 0.3) is 0 Å². The number of nitrogens with one attached hydrogen (secondary N) is 2. The Labute approximate surface area is 103 Å². The summed E-state index contributed by atoms with van der Waals surface area (Å²) in [7, 11) is 0. The minimum absolute atomic E-state index is 0.385. The molecule has 3 aliphatic rings. The van der Waals surface area contributed by atoms with Crippen LogP contribution in [-0.4, -0.2) is 40.5 Å². The monoisotopic (exact) mass is 234 g/mol. The van der Waals surface area contributed by atoms with Gasteiger partial charge in [-0.3, -0.25) is 0 Å². The van der Waals surface area contributed by atoms with Gasteiger partial charge in [-0.25, -0.2) is 4.98 Å². The van der Waals surface area contributed by atoms with Crippen LogP contribution in [0.2, 0.25) is 0 Å². The van der Waals surface area contributed by atoms with Gasteiger partial charge in [0.05, 0.1) is 6.04 Å². The molecule has 0 radical (unpaired) electrons. The van der Waals surface area contributed by atoms with Crippen molar-refractivity contribution in [1.82, 2.24) is 20.2 Å². The Balaban J connectivity index is 1.65. The van der Waals surface area contributed by atoms with Gasteiger partial charge < -0.3 is 15.2 Å². The molecule has 0 spiro atoms. The van der Waals surface area contributed by atoms with Crippen LogP contribution in [0.1, 0.15) is 38.1 Å². The number of piperidine rings is 3. The maximum absolute atomic E-state index is 4.38. The van der Waals surface area contributed by atoms with Crippen LogP contribution in [0.15, 0.2) is 12.4 Å². The molecule has 0 amide bonds. The lowest BCUT2D eigenvalue weighted by molar-refractivity contribution is 0.0661. The zero-order valence-corrected chi connectivity index (χ0v) is 10.5.